The van der Waals surface area contributed by atoms with Crippen LogP contribution in [0.3, 0.4) is 0 Å². The lowest BCUT2D eigenvalue weighted by molar-refractivity contribution is -0.132. The molecule has 1 spiro atoms. The number of amides is 1. The van der Waals surface area contributed by atoms with Gasteiger partial charge in [-0.1, -0.05) is 0 Å². The topological polar surface area (TPSA) is 58.6 Å². The number of rotatable bonds is 2. The van der Waals surface area contributed by atoms with Gasteiger partial charge in [0, 0.05) is 44.6 Å². The highest BCUT2D eigenvalue weighted by Crippen LogP contribution is 2.40. The fourth-order valence-corrected chi connectivity index (χ4v) is 3.55. The number of carbonyl (C=O) groups excluding carboxylic acids is 1. The Labute approximate surface area is 125 Å². The third kappa shape index (κ3) is 2.80. The van der Waals surface area contributed by atoms with E-state index in [1.165, 1.54) is 6.42 Å². The Hall–Kier alpha value is -1.85. The van der Waals surface area contributed by atoms with Crippen molar-refractivity contribution < 1.29 is 9.53 Å². The van der Waals surface area contributed by atoms with Crippen molar-refractivity contribution in [2.45, 2.75) is 26.2 Å². The first-order chi connectivity index (χ1) is 10.1. The van der Waals surface area contributed by atoms with Gasteiger partial charge in [-0.2, -0.15) is 0 Å². The minimum absolute atomic E-state index is 0.191. The number of piperidine rings is 1. The minimum Gasteiger partial charge on any atom is -0.481 e. The number of nitrogens with zero attached hydrogens (tertiary/aromatic N) is 4. The lowest BCUT2D eigenvalue weighted by Gasteiger charge is -2.40. The van der Waals surface area contributed by atoms with Crippen molar-refractivity contribution in [2.24, 2.45) is 5.41 Å². The summed E-state index contributed by atoms with van der Waals surface area (Å²) in [5, 5.41) is 0. The van der Waals surface area contributed by atoms with Crippen molar-refractivity contribution >= 4 is 11.7 Å². The first-order valence-corrected chi connectivity index (χ1v) is 7.48. The van der Waals surface area contributed by atoms with Gasteiger partial charge in [-0.15, -0.1) is 0 Å². The molecule has 21 heavy (non-hydrogen) atoms. The van der Waals surface area contributed by atoms with Crippen LogP contribution in [0.2, 0.25) is 0 Å². The van der Waals surface area contributed by atoms with E-state index in [2.05, 4.69) is 14.9 Å². The molecule has 6 nitrogen and oxygen atoms in total. The molecule has 3 rings (SSSR count). The second-order valence-electron chi connectivity index (χ2n) is 6.13. The van der Waals surface area contributed by atoms with Crippen LogP contribution in [0.4, 0.5) is 5.82 Å². The lowest BCUT2D eigenvalue weighted by atomic mass is 9.79. The first-order valence-electron chi connectivity index (χ1n) is 7.48. The molecule has 0 radical (unpaired) electrons. The van der Waals surface area contributed by atoms with Crippen LogP contribution < -0.4 is 9.64 Å². The number of hydrogen-bond donors (Lipinski definition) is 0. The number of anilines is 1. The Morgan fingerprint density at radius 3 is 2.90 bits per heavy atom. The number of methoxy groups -OCH3 is 1. The van der Waals surface area contributed by atoms with E-state index in [1.807, 2.05) is 11.0 Å². The van der Waals surface area contributed by atoms with Crippen molar-refractivity contribution in [3.05, 3.63) is 12.4 Å². The number of aromatic nitrogens is 2. The molecule has 1 amide bonds. The van der Waals surface area contributed by atoms with Crippen LogP contribution >= 0.6 is 0 Å². The van der Waals surface area contributed by atoms with E-state index in [4.69, 9.17) is 4.74 Å². The molecule has 0 aliphatic carbocycles. The number of likely N-dealkylation sites (tertiary alicyclic amines) is 1. The van der Waals surface area contributed by atoms with Gasteiger partial charge in [0.05, 0.1) is 7.11 Å². The molecule has 3 heterocycles. The number of ether oxygens (including phenoxy) is 1. The summed E-state index contributed by atoms with van der Waals surface area (Å²) in [7, 11) is 1.61. The highest BCUT2D eigenvalue weighted by atomic mass is 16.5. The van der Waals surface area contributed by atoms with Crippen molar-refractivity contribution in [1.29, 1.82) is 0 Å². The molecule has 2 aliphatic rings. The quantitative estimate of drug-likeness (QED) is 0.822. The summed E-state index contributed by atoms with van der Waals surface area (Å²) in [6.07, 6.45) is 4.95. The maximum absolute atomic E-state index is 11.6. The van der Waals surface area contributed by atoms with E-state index in [0.717, 1.165) is 44.8 Å². The molecule has 2 saturated heterocycles. The third-order valence-corrected chi connectivity index (χ3v) is 4.71. The second-order valence-corrected chi connectivity index (χ2v) is 6.13. The molecule has 0 aromatic carbocycles. The van der Waals surface area contributed by atoms with Crippen LogP contribution in [0, 0.1) is 5.41 Å². The van der Waals surface area contributed by atoms with Crippen LogP contribution in [0.1, 0.15) is 26.2 Å². The van der Waals surface area contributed by atoms with E-state index in [-0.39, 0.29) is 11.3 Å². The van der Waals surface area contributed by atoms with Gasteiger partial charge in [0.25, 0.3) is 0 Å². The Bertz CT molecular complexity index is 536. The summed E-state index contributed by atoms with van der Waals surface area (Å²) in [6, 6.07) is 1.88. The van der Waals surface area contributed by atoms with Gasteiger partial charge in [-0.3, -0.25) is 4.79 Å². The summed E-state index contributed by atoms with van der Waals surface area (Å²) in [5.74, 6) is 1.70. The second kappa shape index (κ2) is 5.50. The van der Waals surface area contributed by atoms with Crippen LogP contribution in [0.25, 0.3) is 0 Å². The fourth-order valence-electron chi connectivity index (χ4n) is 3.55. The Kier molecular flexibility index (Phi) is 3.69. The summed E-state index contributed by atoms with van der Waals surface area (Å²) >= 11 is 0. The molecule has 2 aliphatic heterocycles. The van der Waals surface area contributed by atoms with Gasteiger partial charge in [0.1, 0.15) is 12.1 Å². The van der Waals surface area contributed by atoms with Gasteiger partial charge in [-0.25, -0.2) is 9.97 Å². The van der Waals surface area contributed by atoms with Gasteiger partial charge >= 0.3 is 0 Å². The van der Waals surface area contributed by atoms with E-state index in [9.17, 15) is 4.79 Å². The highest BCUT2D eigenvalue weighted by Gasteiger charge is 2.42. The summed E-state index contributed by atoms with van der Waals surface area (Å²) in [6.45, 7) is 5.38. The highest BCUT2D eigenvalue weighted by molar-refractivity contribution is 5.73. The molecule has 0 saturated carbocycles. The molecule has 1 atom stereocenters. The first kappa shape index (κ1) is 14.1. The smallest absolute Gasteiger partial charge is 0.219 e. The van der Waals surface area contributed by atoms with E-state index in [0.29, 0.717) is 5.88 Å². The van der Waals surface area contributed by atoms with Gasteiger partial charge in [0.2, 0.25) is 11.8 Å². The Morgan fingerprint density at radius 2 is 2.14 bits per heavy atom. The summed E-state index contributed by atoms with van der Waals surface area (Å²) < 4.78 is 5.17. The third-order valence-electron chi connectivity index (χ3n) is 4.71. The largest absolute Gasteiger partial charge is 0.481 e. The van der Waals surface area contributed by atoms with Gasteiger partial charge in [0.15, 0.2) is 0 Å². The van der Waals surface area contributed by atoms with Crippen molar-refractivity contribution in [2.75, 3.05) is 38.2 Å². The summed E-state index contributed by atoms with van der Waals surface area (Å²) in [5.41, 5.74) is 0.224. The standard InChI is InChI=1S/C15H22N4O2/c1-12(20)18-6-3-4-15(9-18)5-7-19(10-15)13-8-14(21-2)17-11-16-13/h8,11H,3-7,9-10H2,1-2H3/t15-/m1/s1. The predicted octanol–water partition coefficient (Wildman–Crippen LogP) is 1.32. The molecule has 2 fully saturated rings. The average Bonchev–Trinajstić information content (AvgIpc) is 2.91. The lowest BCUT2D eigenvalue weighted by Crippen LogP contribution is -2.46. The predicted molar refractivity (Wildman–Crippen MR) is 79.3 cm³/mol. The molecule has 0 unspecified atom stereocenters. The SMILES string of the molecule is COc1cc(N2CC[C@@]3(CCCN(C(C)=O)C3)C2)ncn1. The van der Waals surface area contributed by atoms with Crippen molar-refractivity contribution in [3.8, 4) is 5.88 Å². The van der Waals surface area contributed by atoms with E-state index >= 15 is 0 Å². The molecule has 1 aromatic rings. The van der Waals surface area contributed by atoms with Crippen LogP contribution in [0.15, 0.2) is 12.4 Å². The number of hydrogen-bond acceptors (Lipinski definition) is 5. The van der Waals surface area contributed by atoms with E-state index in [1.54, 1.807) is 20.4 Å². The molecule has 0 bridgehead atoms. The normalized spacial score (nSPS) is 25.4. The van der Waals surface area contributed by atoms with Gasteiger partial charge in [-0.05, 0) is 19.3 Å². The zero-order chi connectivity index (χ0) is 14.9. The zero-order valence-electron chi connectivity index (χ0n) is 12.7. The minimum atomic E-state index is 0.191. The zero-order valence-corrected chi connectivity index (χ0v) is 12.7. The van der Waals surface area contributed by atoms with Crippen LogP contribution in [0.5, 0.6) is 5.88 Å². The molecule has 6 heteroatoms. The maximum Gasteiger partial charge on any atom is 0.219 e. The number of carbonyl (C=O) groups is 1. The monoisotopic (exact) mass is 290 g/mol. The molecule has 114 valence electrons. The molecule has 0 N–H and O–H groups in total. The maximum atomic E-state index is 11.6. The average molecular weight is 290 g/mol. The molecule has 1 aromatic heterocycles. The Morgan fingerprint density at radius 1 is 1.29 bits per heavy atom. The van der Waals surface area contributed by atoms with Crippen molar-refractivity contribution in [1.82, 2.24) is 14.9 Å². The van der Waals surface area contributed by atoms with E-state index < -0.39 is 0 Å². The Balaban J connectivity index is 1.73. The molecular formula is C15H22N4O2. The summed E-state index contributed by atoms with van der Waals surface area (Å²) in [4.78, 5) is 24.3. The fraction of sp³-hybridized carbons (Fsp3) is 0.667. The molecular weight excluding hydrogens is 268 g/mol. The van der Waals surface area contributed by atoms with Crippen LogP contribution in [-0.4, -0.2) is 54.1 Å². The van der Waals surface area contributed by atoms with Crippen molar-refractivity contribution in [3.63, 3.8) is 0 Å². The van der Waals surface area contributed by atoms with Crippen LogP contribution in [-0.2, 0) is 4.79 Å². The van der Waals surface area contributed by atoms with Gasteiger partial charge < -0.3 is 14.5 Å².